The van der Waals surface area contributed by atoms with Gasteiger partial charge in [0.15, 0.2) is 0 Å². The summed E-state index contributed by atoms with van der Waals surface area (Å²) in [5.41, 5.74) is 0.952. The summed E-state index contributed by atoms with van der Waals surface area (Å²) in [6.45, 7) is 1.26. The monoisotopic (exact) mass is 316 g/mol. The van der Waals surface area contributed by atoms with Crippen molar-refractivity contribution in [3.63, 3.8) is 0 Å². The first kappa shape index (κ1) is 15.4. The van der Waals surface area contributed by atoms with Crippen LogP contribution in [-0.2, 0) is 16.6 Å². The van der Waals surface area contributed by atoms with E-state index in [1.807, 2.05) is 17.8 Å². The second-order valence-corrected chi connectivity index (χ2v) is 5.63. The standard InChI is InChI=1S/C15H20N6O2/c1-20-7-12(18-10-20)11-6-21(14(22)9-23-2)8-13(11)19-15-16-4-3-5-17-15/h3-5,7,10-11,13H,6,8-9H2,1-2H3,(H,16,17,19)/t11-,13+/m0/s1. The molecule has 1 aliphatic rings. The van der Waals surface area contributed by atoms with Crippen LogP contribution in [0.4, 0.5) is 5.95 Å². The minimum absolute atomic E-state index is 0.00751. The molecule has 0 bridgehead atoms. The molecular weight excluding hydrogens is 296 g/mol. The molecule has 0 spiro atoms. The Morgan fingerprint density at radius 3 is 2.78 bits per heavy atom. The summed E-state index contributed by atoms with van der Waals surface area (Å²) in [7, 11) is 3.46. The topological polar surface area (TPSA) is 85.2 Å². The first-order chi connectivity index (χ1) is 11.2. The average molecular weight is 316 g/mol. The molecule has 8 nitrogen and oxygen atoms in total. The highest BCUT2D eigenvalue weighted by Crippen LogP contribution is 2.28. The van der Waals surface area contributed by atoms with Crippen molar-refractivity contribution < 1.29 is 9.53 Å². The van der Waals surface area contributed by atoms with Crippen molar-refractivity contribution in [2.45, 2.75) is 12.0 Å². The minimum atomic E-state index is -0.0216. The van der Waals surface area contributed by atoms with Gasteiger partial charge in [-0.25, -0.2) is 15.0 Å². The van der Waals surface area contributed by atoms with Gasteiger partial charge in [-0.3, -0.25) is 4.79 Å². The third-order valence-electron chi connectivity index (χ3n) is 3.93. The summed E-state index contributed by atoms with van der Waals surface area (Å²) in [6, 6.07) is 1.78. The van der Waals surface area contributed by atoms with Gasteiger partial charge in [0.2, 0.25) is 11.9 Å². The van der Waals surface area contributed by atoms with E-state index in [1.54, 1.807) is 29.7 Å². The van der Waals surface area contributed by atoms with E-state index in [2.05, 4.69) is 20.3 Å². The molecule has 3 rings (SSSR count). The van der Waals surface area contributed by atoms with Gasteiger partial charge in [-0.05, 0) is 6.07 Å². The number of anilines is 1. The van der Waals surface area contributed by atoms with Crippen molar-refractivity contribution >= 4 is 11.9 Å². The summed E-state index contributed by atoms with van der Waals surface area (Å²) < 4.78 is 6.87. The number of hydrogen-bond acceptors (Lipinski definition) is 6. The van der Waals surface area contributed by atoms with Gasteiger partial charge in [-0.2, -0.15) is 0 Å². The van der Waals surface area contributed by atoms with Crippen molar-refractivity contribution in [1.82, 2.24) is 24.4 Å². The predicted molar refractivity (Wildman–Crippen MR) is 83.8 cm³/mol. The molecule has 23 heavy (non-hydrogen) atoms. The Bertz CT molecular complexity index is 659. The quantitative estimate of drug-likeness (QED) is 0.852. The van der Waals surface area contributed by atoms with Crippen molar-refractivity contribution in [2.75, 3.05) is 32.1 Å². The summed E-state index contributed by atoms with van der Waals surface area (Å²) in [4.78, 5) is 26.8. The van der Waals surface area contributed by atoms with Crippen LogP contribution in [0.15, 0.2) is 31.0 Å². The SMILES string of the molecule is COCC(=O)N1C[C@@H](Nc2ncccn2)[C@H](c2cn(C)cn2)C1. The van der Waals surface area contributed by atoms with Crippen LogP contribution in [0.5, 0.6) is 0 Å². The third-order valence-corrected chi connectivity index (χ3v) is 3.93. The third kappa shape index (κ3) is 3.48. The molecule has 1 fully saturated rings. The normalized spacial score (nSPS) is 20.7. The Morgan fingerprint density at radius 1 is 1.35 bits per heavy atom. The van der Waals surface area contributed by atoms with Gasteiger partial charge in [0.25, 0.3) is 0 Å². The molecule has 0 aromatic carbocycles. The first-order valence-electron chi connectivity index (χ1n) is 7.45. The number of nitrogens with one attached hydrogen (secondary N) is 1. The molecule has 1 amide bonds. The summed E-state index contributed by atoms with van der Waals surface area (Å²) in [5, 5.41) is 3.32. The molecule has 0 saturated carbocycles. The number of carbonyl (C=O) groups is 1. The lowest BCUT2D eigenvalue weighted by atomic mass is 10.0. The lowest BCUT2D eigenvalue weighted by molar-refractivity contribution is -0.134. The maximum atomic E-state index is 12.1. The van der Waals surface area contributed by atoms with Crippen LogP contribution >= 0.6 is 0 Å². The van der Waals surface area contributed by atoms with E-state index in [0.29, 0.717) is 19.0 Å². The highest BCUT2D eigenvalue weighted by molar-refractivity contribution is 5.78. The number of rotatable bonds is 5. The van der Waals surface area contributed by atoms with Crippen molar-refractivity contribution in [3.05, 3.63) is 36.7 Å². The van der Waals surface area contributed by atoms with Crippen LogP contribution < -0.4 is 5.32 Å². The number of methoxy groups -OCH3 is 1. The van der Waals surface area contributed by atoms with Gasteiger partial charge < -0.3 is 19.5 Å². The van der Waals surface area contributed by atoms with Gasteiger partial charge in [-0.1, -0.05) is 0 Å². The van der Waals surface area contributed by atoms with E-state index in [4.69, 9.17) is 4.74 Å². The van der Waals surface area contributed by atoms with E-state index >= 15 is 0 Å². The summed E-state index contributed by atoms with van der Waals surface area (Å²) in [6.07, 6.45) is 7.13. The molecular formula is C15H20N6O2. The van der Waals surface area contributed by atoms with Gasteiger partial charge >= 0.3 is 0 Å². The van der Waals surface area contributed by atoms with E-state index in [-0.39, 0.29) is 24.5 Å². The van der Waals surface area contributed by atoms with Gasteiger partial charge in [-0.15, -0.1) is 0 Å². The Kier molecular flexibility index (Phi) is 4.52. The largest absolute Gasteiger partial charge is 0.375 e. The van der Waals surface area contributed by atoms with Crippen LogP contribution in [0.2, 0.25) is 0 Å². The van der Waals surface area contributed by atoms with Gasteiger partial charge in [0.05, 0.1) is 18.1 Å². The number of aryl methyl sites for hydroxylation is 1. The molecule has 1 saturated heterocycles. The molecule has 122 valence electrons. The van der Waals surface area contributed by atoms with Crippen LogP contribution in [0.1, 0.15) is 11.6 Å². The maximum Gasteiger partial charge on any atom is 0.248 e. The highest BCUT2D eigenvalue weighted by atomic mass is 16.5. The molecule has 0 aliphatic carbocycles. The molecule has 2 aromatic heterocycles. The second kappa shape index (κ2) is 6.74. The fourth-order valence-corrected chi connectivity index (χ4v) is 2.83. The van der Waals surface area contributed by atoms with E-state index in [0.717, 1.165) is 5.69 Å². The molecule has 1 N–H and O–H groups in total. The molecule has 1 aliphatic heterocycles. The van der Waals surface area contributed by atoms with Gasteiger partial charge in [0, 0.05) is 51.8 Å². The fourth-order valence-electron chi connectivity index (χ4n) is 2.83. The van der Waals surface area contributed by atoms with Crippen molar-refractivity contribution in [2.24, 2.45) is 7.05 Å². The number of likely N-dealkylation sites (tertiary alicyclic amines) is 1. The molecule has 2 atom stereocenters. The van der Waals surface area contributed by atoms with Crippen molar-refractivity contribution in [1.29, 1.82) is 0 Å². The van der Waals surface area contributed by atoms with Crippen LogP contribution in [-0.4, -0.2) is 63.2 Å². The zero-order chi connectivity index (χ0) is 16.2. The number of ether oxygens (including phenoxy) is 1. The number of hydrogen-bond donors (Lipinski definition) is 1. The molecule has 3 heterocycles. The summed E-state index contributed by atoms with van der Waals surface area (Å²) >= 11 is 0. The number of aromatic nitrogens is 4. The average Bonchev–Trinajstić information content (AvgIpc) is 3.15. The summed E-state index contributed by atoms with van der Waals surface area (Å²) in [5.74, 6) is 0.618. The van der Waals surface area contributed by atoms with Gasteiger partial charge in [0.1, 0.15) is 6.61 Å². The van der Waals surface area contributed by atoms with E-state index in [1.165, 1.54) is 7.11 Å². The minimum Gasteiger partial charge on any atom is -0.375 e. The van der Waals surface area contributed by atoms with Crippen LogP contribution in [0, 0.1) is 0 Å². The second-order valence-electron chi connectivity index (χ2n) is 5.63. The van der Waals surface area contributed by atoms with Crippen molar-refractivity contribution in [3.8, 4) is 0 Å². The van der Waals surface area contributed by atoms with Crippen LogP contribution in [0.25, 0.3) is 0 Å². The first-order valence-corrected chi connectivity index (χ1v) is 7.45. The molecule has 0 unspecified atom stereocenters. The Labute approximate surface area is 134 Å². The zero-order valence-electron chi connectivity index (χ0n) is 13.2. The fraction of sp³-hybridized carbons (Fsp3) is 0.467. The lowest BCUT2D eigenvalue weighted by Crippen LogP contribution is -2.34. The number of imidazole rings is 1. The number of amides is 1. The predicted octanol–water partition coefficient (Wildman–Crippen LogP) is 0.263. The Hall–Kier alpha value is -2.48. The number of carbonyl (C=O) groups excluding carboxylic acids is 1. The lowest BCUT2D eigenvalue weighted by Gasteiger charge is -2.17. The maximum absolute atomic E-state index is 12.1. The van der Waals surface area contributed by atoms with E-state index < -0.39 is 0 Å². The zero-order valence-corrected chi connectivity index (χ0v) is 13.2. The molecule has 0 radical (unpaired) electrons. The van der Waals surface area contributed by atoms with E-state index in [9.17, 15) is 4.79 Å². The molecule has 8 heteroatoms. The van der Waals surface area contributed by atoms with Crippen LogP contribution in [0.3, 0.4) is 0 Å². The smallest absolute Gasteiger partial charge is 0.248 e. The molecule has 2 aromatic rings. The number of nitrogens with zero attached hydrogens (tertiary/aromatic N) is 5. The Morgan fingerprint density at radius 2 is 2.13 bits per heavy atom. The Balaban J connectivity index is 1.79. The highest BCUT2D eigenvalue weighted by Gasteiger charge is 2.37.